The summed E-state index contributed by atoms with van der Waals surface area (Å²) in [5.74, 6) is -0.128. The fraction of sp³-hybridized carbons (Fsp3) is 0.222. The number of halogens is 1. The van der Waals surface area contributed by atoms with E-state index in [0.29, 0.717) is 24.3 Å². The number of nitrogens with one attached hydrogen (secondary N) is 2. The molecule has 6 heteroatoms. The van der Waals surface area contributed by atoms with E-state index >= 15 is 0 Å². The van der Waals surface area contributed by atoms with Gasteiger partial charge in [0.05, 0.1) is 27.0 Å². The van der Waals surface area contributed by atoms with E-state index in [1.54, 1.807) is 30.3 Å². The number of rotatable bonds is 7. The lowest BCUT2D eigenvalue weighted by molar-refractivity contribution is -0.921. The summed E-state index contributed by atoms with van der Waals surface area (Å²) in [5.41, 5.74) is 0.988. The van der Waals surface area contributed by atoms with Gasteiger partial charge in [-0.2, -0.15) is 5.26 Å². The van der Waals surface area contributed by atoms with Crippen LogP contribution in [-0.4, -0.2) is 18.5 Å². The van der Waals surface area contributed by atoms with Crippen LogP contribution in [0.4, 0.5) is 5.69 Å². The normalized spacial score (nSPS) is 12.9. The van der Waals surface area contributed by atoms with Crippen LogP contribution in [0.1, 0.15) is 17.4 Å². The van der Waals surface area contributed by atoms with E-state index in [2.05, 4.69) is 18.0 Å². The Morgan fingerprint density at radius 2 is 2.21 bits per heavy atom. The van der Waals surface area contributed by atoms with Gasteiger partial charge < -0.3 is 10.2 Å². The van der Waals surface area contributed by atoms with Gasteiger partial charge in [-0.05, 0) is 37.3 Å². The third-order valence-electron chi connectivity index (χ3n) is 3.75. The summed E-state index contributed by atoms with van der Waals surface area (Å²) >= 11 is 7.50. The van der Waals surface area contributed by atoms with E-state index in [9.17, 15) is 4.79 Å². The van der Waals surface area contributed by atoms with Crippen LogP contribution in [0.15, 0.2) is 49.1 Å². The van der Waals surface area contributed by atoms with Crippen LogP contribution in [0.5, 0.6) is 0 Å². The fourth-order valence-corrected chi connectivity index (χ4v) is 3.51. The van der Waals surface area contributed by atoms with Gasteiger partial charge in [-0.15, -0.1) is 11.3 Å². The molecule has 1 heterocycles. The first-order chi connectivity index (χ1) is 11.5. The number of amides is 1. The Balaban J connectivity index is 2.10. The van der Waals surface area contributed by atoms with Gasteiger partial charge in [-0.25, -0.2) is 0 Å². The van der Waals surface area contributed by atoms with E-state index in [4.69, 9.17) is 16.9 Å². The lowest BCUT2D eigenvalue weighted by Gasteiger charge is -2.24. The molecule has 0 fully saturated rings. The molecule has 2 N–H and O–H groups in total. The number of benzene rings is 1. The number of nitrogens with zero attached hydrogens (tertiary/aromatic N) is 1. The first kappa shape index (κ1) is 18.2. The van der Waals surface area contributed by atoms with Crippen molar-refractivity contribution in [3.63, 3.8) is 0 Å². The first-order valence-corrected chi connectivity index (χ1v) is 8.74. The van der Waals surface area contributed by atoms with E-state index in [1.165, 1.54) is 11.3 Å². The molecule has 0 aliphatic carbocycles. The molecule has 0 bridgehead atoms. The van der Waals surface area contributed by atoms with Crippen molar-refractivity contribution in [1.29, 1.82) is 5.26 Å². The number of carbonyl (C=O) groups is 1. The Morgan fingerprint density at radius 3 is 2.83 bits per heavy atom. The number of anilines is 1. The summed E-state index contributed by atoms with van der Waals surface area (Å²) in [7, 11) is 0. The molecule has 1 unspecified atom stereocenters. The van der Waals surface area contributed by atoms with Gasteiger partial charge in [0, 0.05) is 0 Å². The Morgan fingerprint density at radius 1 is 1.46 bits per heavy atom. The van der Waals surface area contributed by atoms with Gasteiger partial charge in [-0.3, -0.25) is 4.79 Å². The Kier molecular flexibility index (Phi) is 6.56. The summed E-state index contributed by atoms with van der Waals surface area (Å²) in [6, 6.07) is 12.6. The molecule has 2 atom stereocenters. The third-order valence-corrected chi connectivity index (χ3v) is 4.98. The SMILES string of the molecule is C=CC[NH+](Cc1ccc(Cl)s1)[C@@H](C)C(=O)Nc1ccccc1C#N. The Bertz CT molecular complexity index is 766. The minimum atomic E-state index is -0.296. The molecule has 0 aliphatic heterocycles. The smallest absolute Gasteiger partial charge is 0.282 e. The molecule has 0 saturated carbocycles. The number of para-hydroxylation sites is 1. The number of hydrogen-bond donors (Lipinski definition) is 2. The maximum atomic E-state index is 12.6. The number of carbonyl (C=O) groups excluding carboxylic acids is 1. The topological polar surface area (TPSA) is 57.3 Å². The van der Waals surface area contributed by atoms with Crippen molar-refractivity contribution in [3.05, 3.63) is 63.8 Å². The zero-order chi connectivity index (χ0) is 17.5. The highest BCUT2D eigenvalue weighted by Gasteiger charge is 2.25. The van der Waals surface area contributed by atoms with Crippen molar-refractivity contribution in [3.8, 4) is 6.07 Å². The predicted octanol–water partition coefficient (Wildman–Crippen LogP) is 2.87. The van der Waals surface area contributed by atoms with Crippen molar-refractivity contribution < 1.29 is 9.69 Å². The second kappa shape index (κ2) is 8.65. The van der Waals surface area contributed by atoms with E-state index < -0.39 is 0 Å². The molecule has 1 aromatic carbocycles. The predicted molar refractivity (Wildman–Crippen MR) is 98.3 cm³/mol. The molecule has 0 spiro atoms. The number of nitriles is 1. The number of thiophene rings is 1. The average molecular weight is 361 g/mol. The summed E-state index contributed by atoms with van der Waals surface area (Å²) in [4.78, 5) is 14.8. The van der Waals surface area contributed by atoms with Gasteiger partial charge in [-0.1, -0.05) is 30.3 Å². The van der Waals surface area contributed by atoms with Gasteiger partial charge in [0.25, 0.3) is 5.91 Å². The lowest BCUT2D eigenvalue weighted by Crippen LogP contribution is -3.15. The van der Waals surface area contributed by atoms with E-state index in [0.717, 1.165) is 14.1 Å². The molecule has 2 rings (SSSR count). The molecule has 0 radical (unpaired) electrons. The lowest BCUT2D eigenvalue weighted by atomic mass is 10.1. The molecule has 0 aliphatic rings. The van der Waals surface area contributed by atoms with Crippen molar-refractivity contribution in [2.45, 2.75) is 19.5 Å². The van der Waals surface area contributed by atoms with Crippen LogP contribution >= 0.6 is 22.9 Å². The van der Waals surface area contributed by atoms with Crippen LogP contribution in [0.3, 0.4) is 0 Å². The van der Waals surface area contributed by atoms with E-state index in [1.807, 2.05) is 19.1 Å². The second-order valence-electron chi connectivity index (χ2n) is 5.40. The molecular weight excluding hydrogens is 342 g/mol. The molecule has 124 valence electrons. The van der Waals surface area contributed by atoms with Crippen LogP contribution in [0, 0.1) is 11.3 Å². The average Bonchev–Trinajstić information content (AvgIpc) is 2.99. The highest BCUT2D eigenvalue weighted by molar-refractivity contribution is 7.16. The fourth-order valence-electron chi connectivity index (χ4n) is 2.37. The summed E-state index contributed by atoms with van der Waals surface area (Å²) < 4.78 is 0.739. The van der Waals surface area contributed by atoms with Gasteiger partial charge in [0.1, 0.15) is 12.6 Å². The van der Waals surface area contributed by atoms with Crippen molar-refractivity contribution in [2.24, 2.45) is 0 Å². The summed E-state index contributed by atoms with van der Waals surface area (Å²) in [6.07, 6.45) is 1.80. The summed E-state index contributed by atoms with van der Waals surface area (Å²) in [6.45, 7) is 7.00. The van der Waals surface area contributed by atoms with Gasteiger partial charge >= 0.3 is 0 Å². The van der Waals surface area contributed by atoms with Crippen LogP contribution in [0.25, 0.3) is 0 Å². The van der Waals surface area contributed by atoms with Gasteiger partial charge in [0.2, 0.25) is 0 Å². The molecule has 24 heavy (non-hydrogen) atoms. The van der Waals surface area contributed by atoms with Crippen LogP contribution < -0.4 is 10.2 Å². The quantitative estimate of drug-likeness (QED) is 0.746. The standard InChI is InChI=1S/C18H18ClN3OS/c1-3-10-22(12-15-8-9-17(19)24-15)13(2)18(23)21-16-7-5-4-6-14(16)11-20/h3-9,13H,1,10,12H2,2H3,(H,21,23)/p+1/t13-/m0/s1. The van der Waals surface area contributed by atoms with Crippen LogP contribution in [0.2, 0.25) is 4.34 Å². The summed E-state index contributed by atoms with van der Waals surface area (Å²) in [5, 5.41) is 12.0. The monoisotopic (exact) mass is 360 g/mol. The van der Waals surface area contributed by atoms with Crippen LogP contribution in [-0.2, 0) is 11.3 Å². The molecule has 1 aromatic heterocycles. The second-order valence-corrected chi connectivity index (χ2v) is 7.20. The van der Waals surface area contributed by atoms with Crippen molar-refractivity contribution >= 4 is 34.5 Å². The minimum Gasteiger partial charge on any atom is -0.320 e. The minimum absolute atomic E-state index is 0.128. The molecular formula is C18H19ClN3OS+. The number of quaternary nitrogens is 1. The first-order valence-electron chi connectivity index (χ1n) is 7.54. The number of hydrogen-bond acceptors (Lipinski definition) is 3. The molecule has 1 amide bonds. The van der Waals surface area contributed by atoms with E-state index in [-0.39, 0.29) is 11.9 Å². The zero-order valence-electron chi connectivity index (χ0n) is 13.4. The van der Waals surface area contributed by atoms with Crippen molar-refractivity contribution in [2.75, 3.05) is 11.9 Å². The zero-order valence-corrected chi connectivity index (χ0v) is 15.0. The Labute approximate surface area is 151 Å². The Hall–Kier alpha value is -2.13. The van der Waals surface area contributed by atoms with Gasteiger partial charge in [0.15, 0.2) is 6.04 Å². The molecule has 2 aromatic rings. The largest absolute Gasteiger partial charge is 0.320 e. The highest BCUT2D eigenvalue weighted by Crippen LogP contribution is 2.20. The highest BCUT2D eigenvalue weighted by atomic mass is 35.5. The van der Waals surface area contributed by atoms with Crippen molar-refractivity contribution in [1.82, 2.24) is 0 Å². The maximum absolute atomic E-state index is 12.6. The molecule has 0 saturated heterocycles. The third kappa shape index (κ3) is 4.68. The maximum Gasteiger partial charge on any atom is 0.282 e. The molecule has 4 nitrogen and oxygen atoms in total.